The Hall–Kier alpha value is -3.03. The Morgan fingerprint density at radius 1 is 0.576 bits per heavy atom. The molecule has 0 saturated carbocycles. The normalized spacial score (nSPS) is 11.1. The van der Waals surface area contributed by atoms with Crippen molar-refractivity contribution in [2.45, 2.75) is 45.9 Å². The summed E-state index contributed by atoms with van der Waals surface area (Å²) in [6, 6.07) is 24.8. The van der Waals surface area contributed by atoms with Crippen LogP contribution in [0.1, 0.15) is 16.7 Å². The smallest absolute Gasteiger partial charge is 0.129 e. The van der Waals surface area contributed by atoms with Gasteiger partial charge in [-0.1, -0.05) is 63.3 Å². The monoisotopic (exact) mass is 467 g/mol. The molecule has 3 rings (SSSR count). The fourth-order valence-corrected chi connectivity index (χ4v) is 4.14. The number of rotatable bonds is 4. The maximum Gasteiger partial charge on any atom is 0.129 e. The van der Waals surface area contributed by atoms with Crippen molar-refractivity contribution in [3.8, 4) is 22.9 Å². The van der Waals surface area contributed by atoms with Gasteiger partial charge in [0, 0.05) is 28.2 Å². The molecule has 0 aliphatic rings. The number of benzene rings is 3. The average molecular weight is 468 g/mol. The van der Waals surface area contributed by atoms with E-state index in [0.29, 0.717) is 0 Å². The minimum atomic E-state index is -1.41. The van der Waals surface area contributed by atoms with Gasteiger partial charge in [0.15, 0.2) is 0 Å². The Labute approximate surface area is 201 Å². The fourth-order valence-electron chi connectivity index (χ4n) is 3.10. The van der Waals surface area contributed by atoms with E-state index in [2.05, 4.69) is 116 Å². The van der Waals surface area contributed by atoms with Crippen molar-refractivity contribution in [3.63, 3.8) is 0 Å². The molecule has 0 heterocycles. The minimum Gasteiger partial charge on any atom is -0.392 e. The highest BCUT2D eigenvalue weighted by atomic mass is 28.3. The Kier molecular flexibility index (Phi) is 7.66. The standard InChI is InChI=1S/C29H33NOSi2/c1-32(2,3)21-19-24-7-13-27(14-8-24)30(29-17-11-26(23-31)12-18-29)28-15-9-25(10-16-28)20-22-33(4,5)6/h7-18,31H,23H2,1-6H3. The van der Waals surface area contributed by atoms with E-state index in [1.165, 1.54) is 0 Å². The van der Waals surface area contributed by atoms with Gasteiger partial charge < -0.3 is 10.0 Å². The molecule has 0 atom stereocenters. The highest BCUT2D eigenvalue weighted by Crippen LogP contribution is 2.34. The van der Waals surface area contributed by atoms with Gasteiger partial charge in [0.1, 0.15) is 16.1 Å². The van der Waals surface area contributed by atoms with Gasteiger partial charge in [-0.15, -0.1) is 11.1 Å². The van der Waals surface area contributed by atoms with Crippen molar-refractivity contribution in [1.29, 1.82) is 0 Å². The summed E-state index contributed by atoms with van der Waals surface area (Å²) in [5, 5.41) is 9.44. The Morgan fingerprint density at radius 2 is 0.909 bits per heavy atom. The highest BCUT2D eigenvalue weighted by molar-refractivity contribution is 6.84. The van der Waals surface area contributed by atoms with E-state index in [1.807, 2.05) is 24.3 Å². The molecule has 0 radical (unpaired) electrons. The molecule has 1 N–H and O–H groups in total. The van der Waals surface area contributed by atoms with Gasteiger partial charge in [-0.3, -0.25) is 0 Å². The lowest BCUT2D eigenvalue weighted by atomic mass is 10.1. The van der Waals surface area contributed by atoms with Crippen molar-refractivity contribution < 1.29 is 5.11 Å². The summed E-state index contributed by atoms with van der Waals surface area (Å²) in [6.45, 7) is 13.6. The first-order chi connectivity index (χ1) is 15.5. The van der Waals surface area contributed by atoms with Crippen LogP contribution >= 0.6 is 0 Å². The number of aliphatic hydroxyl groups excluding tert-OH is 1. The molecule has 0 aliphatic heterocycles. The number of aliphatic hydroxyl groups is 1. The zero-order valence-corrected chi connectivity index (χ0v) is 22.5. The second-order valence-corrected chi connectivity index (χ2v) is 19.8. The van der Waals surface area contributed by atoms with Crippen LogP contribution in [0.2, 0.25) is 39.3 Å². The first-order valence-corrected chi connectivity index (χ1v) is 18.3. The van der Waals surface area contributed by atoms with E-state index in [9.17, 15) is 5.11 Å². The first kappa shape index (κ1) is 24.6. The molecule has 0 saturated heterocycles. The second-order valence-electron chi connectivity index (χ2n) is 10.3. The zero-order chi connectivity index (χ0) is 24.1. The average Bonchev–Trinajstić information content (AvgIpc) is 2.77. The topological polar surface area (TPSA) is 23.5 Å². The third kappa shape index (κ3) is 7.51. The van der Waals surface area contributed by atoms with Crippen LogP contribution in [0.5, 0.6) is 0 Å². The van der Waals surface area contributed by atoms with Crippen molar-refractivity contribution in [2.75, 3.05) is 4.90 Å². The summed E-state index contributed by atoms with van der Waals surface area (Å²) in [5.74, 6) is 6.66. The van der Waals surface area contributed by atoms with Crippen LogP contribution in [-0.2, 0) is 6.61 Å². The van der Waals surface area contributed by atoms with Crippen molar-refractivity contribution in [3.05, 3.63) is 89.5 Å². The Balaban J connectivity index is 1.99. The van der Waals surface area contributed by atoms with Crippen LogP contribution in [-0.4, -0.2) is 21.3 Å². The van der Waals surface area contributed by atoms with Crippen LogP contribution in [0.3, 0.4) is 0 Å². The largest absolute Gasteiger partial charge is 0.392 e. The van der Waals surface area contributed by atoms with Gasteiger partial charge in [0.05, 0.1) is 6.61 Å². The number of nitrogens with zero attached hydrogens (tertiary/aromatic N) is 1. The van der Waals surface area contributed by atoms with Crippen LogP contribution in [0.4, 0.5) is 17.1 Å². The van der Waals surface area contributed by atoms with E-state index in [4.69, 9.17) is 0 Å². The SMILES string of the molecule is C[Si](C)(C)C#Cc1ccc(N(c2ccc(C#C[Si](C)(C)C)cc2)c2ccc(CO)cc2)cc1. The molecule has 33 heavy (non-hydrogen) atoms. The molecule has 0 aliphatic carbocycles. The third-order valence-corrected chi connectivity index (χ3v) is 6.54. The van der Waals surface area contributed by atoms with Crippen molar-refractivity contribution in [2.24, 2.45) is 0 Å². The summed E-state index contributed by atoms with van der Waals surface area (Å²) < 4.78 is 0. The summed E-state index contributed by atoms with van der Waals surface area (Å²) in [5.41, 5.74) is 13.0. The maximum absolute atomic E-state index is 9.44. The Morgan fingerprint density at radius 3 is 1.21 bits per heavy atom. The zero-order valence-electron chi connectivity index (χ0n) is 20.5. The van der Waals surface area contributed by atoms with Crippen LogP contribution < -0.4 is 4.90 Å². The molecule has 2 nitrogen and oxygen atoms in total. The molecule has 0 fully saturated rings. The predicted molar refractivity (Wildman–Crippen MR) is 147 cm³/mol. The second kappa shape index (κ2) is 10.3. The number of anilines is 3. The third-order valence-electron chi connectivity index (χ3n) is 4.79. The van der Waals surface area contributed by atoms with Crippen molar-refractivity contribution >= 4 is 33.2 Å². The van der Waals surface area contributed by atoms with E-state index in [0.717, 1.165) is 33.8 Å². The lowest BCUT2D eigenvalue weighted by molar-refractivity contribution is 0.282. The predicted octanol–water partition coefficient (Wildman–Crippen LogP) is 7.11. The fraction of sp³-hybridized carbons (Fsp3) is 0.241. The lowest BCUT2D eigenvalue weighted by Gasteiger charge is -2.25. The van der Waals surface area contributed by atoms with Crippen molar-refractivity contribution in [1.82, 2.24) is 0 Å². The summed E-state index contributed by atoms with van der Waals surface area (Å²) in [4.78, 5) is 2.21. The van der Waals surface area contributed by atoms with E-state index in [-0.39, 0.29) is 6.61 Å². The van der Waals surface area contributed by atoms with Crippen LogP contribution in [0, 0.1) is 22.9 Å². The molecule has 0 bridgehead atoms. The molecule has 0 spiro atoms. The molecule has 168 valence electrons. The maximum atomic E-state index is 9.44. The first-order valence-electron chi connectivity index (χ1n) is 11.3. The molecule has 4 heteroatoms. The summed E-state index contributed by atoms with van der Waals surface area (Å²) >= 11 is 0. The van der Waals surface area contributed by atoms with Gasteiger partial charge in [0.2, 0.25) is 0 Å². The molecular formula is C29H33NOSi2. The molecule has 3 aromatic rings. The number of hydrogen-bond donors (Lipinski definition) is 1. The van der Waals surface area contributed by atoms with Gasteiger partial charge in [-0.25, -0.2) is 0 Å². The quantitative estimate of drug-likeness (QED) is 0.326. The minimum absolute atomic E-state index is 0.0369. The van der Waals surface area contributed by atoms with Gasteiger partial charge in [0.25, 0.3) is 0 Å². The number of hydrogen-bond acceptors (Lipinski definition) is 2. The Bertz CT molecular complexity index is 1120. The molecule has 0 unspecified atom stereocenters. The van der Waals surface area contributed by atoms with E-state index < -0.39 is 16.1 Å². The summed E-state index contributed by atoms with van der Waals surface area (Å²) in [7, 11) is -2.83. The molecule has 3 aromatic carbocycles. The molecule has 0 amide bonds. The van der Waals surface area contributed by atoms with Gasteiger partial charge >= 0.3 is 0 Å². The highest BCUT2D eigenvalue weighted by Gasteiger charge is 2.13. The molecule has 0 aromatic heterocycles. The van der Waals surface area contributed by atoms with Gasteiger partial charge in [-0.2, -0.15) is 0 Å². The van der Waals surface area contributed by atoms with Gasteiger partial charge in [-0.05, 0) is 66.2 Å². The van der Waals surface area contributed by atoms with E-state index >= 15 is 0 Å². The van der Waals surface area contributed by atoms with Crippen LogP contribution in [0.25, 0.3) is 0 Å². The molecular weight excluding hydrogens is 434 g/mol. The summed E-state index contributed by atoms with van der Waals surface area (Å²) in [6.07, 6.45) is 0. The van der Waals surface area contributed by atoms with Crippen LogP contribution in [0.15, 0.2) is 72.8 Å². The lowest BCUT2D eigenvalue weighted by Crippen LogP contribution is -2.16. The van der Waals surface area contributed by atoms with E-state index in [1.54, 1.807) is 0 Å².